The number of amides is 3. The van der Waals surface area contributed by atoms with Crippen LogP contribution in [0.5, 0.6) is 0 Å². The number of carbonyl (C=O) groups excluding carboxylic acids is 2. The topological polar surface area (TPSA) is 70.2 Å². The molecule has 3 amide bonds. The third-order valence-electron chi connectivity index (χ3n) is 3.69. The van der Waals surface area contributed by atoms with Crippen molar-refractivity contribution in [3.05, 3.63) is 70.5 Å². The summed E-state index contributed by atoms with van der Waals surface area (Å²) in [6.45, 7) is 5.87. The minimum Gasteiger partial charge on any atom is -0.330 e. The van der Waals surface area contributed by atoms with Crippen LogP contribution in [-0.2, 0) is 11.2 Å². The standard InChI is InChI=1S/C19H22FN3O2/c1-12-8-13(2)10-16(9-12)14(3)21-19(25)23-22-18(24)11-15-4-6-17(20)7-5-15/h4-10,14H,11H2,1-3H3,(H,22,24)(H2,21,23,25). The van der Waals surface area contributed by atoms with Crippen molar-refractivity contribution >= 4 is 11.9 Å². The molecule has 1 atom stereocenters. The number of hydrazine groups is 1. The van der Waals surface area contributed by atoms with E-state index >= 15 is 0 Å². The molecule has 1 unspecified atom stereocenters. The van der Waals surface area contributed by atoms with Gasteiger partial charge in [0.05, 0.1) is 12.5 Å². The zero-order chi connectivity index (χ0) is 18.4. The molecule has 0 saturated heterocycles. The molecule has 2 aromatic carbocycles. The third-order valence-corrected chi connectivity index (χ3v) is 3.69. The van der Waals surface area contributed by atoms with Gasteiger partial charge in [0.25, 0.3) is 0 Å². The van der Waals surface area contributed by atoms with Crippen molar-refractivity contribution in [1.82, 2.24) is 16.2 Å². The van der Waals surface area contributed by atoms with Crippen LogP contribution in [0, 0.1) is 19.7 Å². The Hall–Kier alpha value is -2.89. The molecule has 0 heterocycles. The Morgan fingerprint density at radius 2 is 1.60 bits per heavy atom. The number of urea groups is 1. The predicted octanol–water partition coefficient (Wildman–Crippen LogP) is 3.08. The van der Waals surface area contributed by atoms with E-state index in [4.69, 9.17) is 0 Å². The summed E-state index contributed by atoms with van der Waals surface area (Å²) >= 11 is 0. The zero-order valence-electron chi connectivity index (χ0n) is 14.5. The van der Waals surface area contributed by atoms with Gasteiger partial charge in [0.1, 0.15) is 5.82 Å². The fraction of sp³-hybridized carbons (Fsp3) is 0.263. The van der Waals surface area contributed by atoms with E-state index in [-0.39, 0.29) is 24.2 Å². The van der Waals surface area contributed by atoms with Crippen molar-refractivity contribution in [3.8, 4) is 0 Å². The molecule has 0 radical (unpaired) electrons. The van der Waals surface area contributed by atoms with Crippen LogP contribution in [0.3, 0.4) is 0 Å². The molecule has 25 heavy (non-hydrogen) atoms. The number of hydrogen-bond acceptors (Lipinski definition) is 2. The SMILES string of the molecule is Cc1cc(C)cc(C(C)NC(=O)NNC(=O)Cc2ccc(F)cc2)c1. The van der Waals surface area contributed by atoms with Gasteiger partial charge in [-0.15, -0.1) is 0 Å². The molecule has 0 spiro atoms. The van der Waals surface area contributed by atoms with Crippen LogP contribution >= 0.6 is 0 Å². The van der Waals surface area contributed by atoms with E-state index in [1.165, 1.54) is 24.3 Å². The van der Waals surface area contributed by atoms with Gasteiger partial charge in [-0.05, 0) is 44.0 Å². The highest BCUT2D eigenvalue weighted by Crippen LogP contribution is 2.16. The minimum atomic E-state index is -0.501. The first-order valence-electron chi connectivity index (χ1n) is 8.01. The second-order valence-electron chi connectivity index (χ2n) is 6.09. The number of rotatable bonds is 4. The van der Waals surface area contributed by atoms with Crippen molar-refractivity contribution in [3.63, 3.8) is 0 Å². The summed E-state index contributed by atoms with van der Waals surface area (Å²) in [6.07, 6.45) is 0.0488. The zero-order valence-corrected chi connectivity index (χ0v) is 14.5. The highest BCUT2D eigenvalue weighted by molar-refractivity contribution is 5.82. The highest BCUT2D eigenvalue weighted by Gasteiger charge is 2.11. The molecule has 2 rings (SSSR count). The maximum absolute atomic E-state index is 12.8. The predicted molar refractivity (Wildman–Crippen MR) is 94.2 cm³/mol. The van der Waals surface area contributed by atoms with Crippen molar-refractivity contribution in [2.75, 3.05) is 0 Å². The second kappa shape index (κ2) is 8.28. The van der Waals surface area contributed by atoms with E-state index in [1.54, 1.807) is 0 Å². The van der Waals surface area contributed by atoms with E-state index in [2.05, 4.69) is 22.2 Å². The van der Waals surface area contributed by atoms with Crippen LogP contribution in [0.4, 0.5) is 9.18 Å². The van der Waals surface area contributed by atoms with E-state index in [0.717, 1.165) is 16.7 Å². The number of nitrogens with one attached hydrogen (secondary N) is 3. The molecule has 0 saturated carbocycles. The summed E-state index contributed by atoms with van der Waals surface area (Å²) < 4.78 is 12.8. The Morgan fingerprint density at radius 3 is 2.20 bits per heavy atom. The first kappa shape index (κ1) is 18.4. The fourth-order valence-corrected chi connectivity index (χ4v) is 2.53. The van der Waals surface area contributed by atoms with Gasteiger partial charge in [-0.2, -0.15) is 0 Å². The van der Waals surface area contributed by atoms with E-state index in [1.807, 2.05) is 32.9 Å². The van der Waals surface area contributed by atoms with Gasteiger partial charge in [-0.25, -0.2) is 14.6 Å². The van der Waals surface area contributed by atoms with E-state index in [0.29, 0.717) is 5.56 Å². The van der Waals surface area contributed by atoms with Crippen molar-refractivity contribution < 1.29 is 14.0 Å². The molecular weight excluding hydrogens is 321 g/mol. The van der Waals surface area contributed by atoms with E-state index < -0.39 is 6.03 Å². The maximum atomic E-state index is 12.8. The first-order chi connectivity index (χ1) is 11.8. The first-order valence-corrected chi connectivity index (χ1v) is 8.01. The van der Waals surface area contributed by atoms with Crippen molar-refractivity contribution in [1.29, 1.82) is 0 Å². The number of benzene rings is 2. The lowest BCUT2D eigenvalue weighted by Crippen LogP contribution is -2.48. The van der Waals surface area contributed by atoms with Crippen LogP contribution in [0.2, 0.25) is 0 Å². The van der Waals surface area contributed by atoms with Gasteiger partial charge in [0.15, 0.2) is 0 Å². The number of aryl methyl sites for hydroxylation is 2. The van der Waals surface area contributed by atoms with Gasteiger partial charge in [-0.1, -0.05) is 41.5 Å². The molecule has 132 valence electrons. The van der Waals surface area contributed by atoms with Gasteiger partial charge in [0.2, 0.25) is 5.91 Å². The van der Waals surface area contributed by atoms with Crippen molar-refractivity contribution in [2.45, 2.75) is 33.2 Å². The van der Waals surface area contributed by atoms with Gasteiger partial charge >= 0.3 is 6.03 Å². The monoisotopic (exact) mass is 343 g/mol. The average Bonchev–Trinajstić information content (AvgIpc) is 2.54. The van der Waals surface area contributed by atoms with Crippen molar-refractivity contribution in [2.24, 2.45) is 0 Å². The Balaban J connectivity index is 1.81. The third kappa shape index (κ3) is 5.91. The molecule has 6 heteroatoms. The smallest absolute Gasteiger partial charge is 0.330 e. The largest absolute Gasteiger partial charge is 0.333 e. The number of carbonyl (C=O) groups is 2. The summed E-state index contributed by atoms with van der Waals surface area (Å²) in [7, 11) is 0. The van der Waals surface area contributed by atoms with Crippen LogP contribution in [0.15, 0.2) is 42.5 Å². The van der Waals surface area contributed by atoms with E-state index in [9.17, 15) is 14.0 Å². The van der Waals surface area contributed by atoms with Crippen LogP contribution in [0.25, 0.3) is 0 Å². The number of halogens is 1. The Morgan fingerprint density at radius 1 is 1.00 bits per heavy atom. The molecule has 0 aliphatic rings. The molecule has 0 aliphatic heterocycles. The molecule has 0 fully saturated rings. The fourth-order valence-electron chi connectivity index (χ4n) is 2.53. The van der Waals surface area contributed by atoms with Gasteiger partial charge < -0.3 is 5.32 Å². The molecule has 2 aromatic rings. The van der Waals surface area contributed by atoms with Gasteiger partial charge in [0, 0.05) is 0 Å². The Bertz CT molecular complexity index is 740. The molecule has 0 aromatic heterocycles. The Kier molecular flexibility index (Phi) is 6.11. The molecule has 0 bridgehead atoms. The highest BCUT2D eigenvalue weighted by atomic mass is 19.1. The summed E-state index contributed by atoms with van der Waals surface area (Å²) in [4.78, 5) is 23.7. The average molecular weight is 343 g/mol. The second-order valence-corrected chi connectivity index (χ2v) is 6.09. The lowest BCUT2D eigenvalue weighted by Gasteiger charge is -2.16. The Labute approximate surface area is 146 Å². The summed E-state index contributed by atoms with van der Waals surface area (Å²) in [5.41, 5.74) is 8.54. The normalized spacial score (nSPS) is 11.5. The lowest BCUT2D eigenvalue weighted by molar-refractivity contribution is -0.121. The molecule has 0 aliphatic carbocycles. The molecule has 3 N–H and O–H groups in total. The van der Waals surface area contributed by atoms with Crippen LogP contribution in [0.1, 0.15) is 35.2 Å². The van der Waals surface area contributed by atoms with Crippen LogP contribution in [-0.4, -0.2) is 11.9 Å². The quantitative estimate of drug-likeness (QED) is 0.747. The summed E-state index contributed by atoms with van der Waals surface area (Å²) in [5.74, 6) is -0.747. The van der Waals surface area contributed by atoms with Gasteiger partial charge in [-0.3, -0.25) is 10.2 Å². The molecular formula is C19H22FN3O2. The van der Waals surface area contributed by atoms with Crippen LogP contribution < -0.4 is 16.2 Å². The summed E-state index contributed by atoms with van der Waals surface area (Å²) in [6, 6.07) is 11.0. The summed E-state index contributed by atoms with van der Waals surface area (Å²) in [5, 5.41) is 2.76. The molecule has 5 nitrogen and oxygen atoms in total. The number of hydrogen-bond donors (Lipinski definition) is 3. The minimum absolute atomic E-state index is 0.0488. The lowest BCUT2D eigenvalue weighted by atomic mass is 10.0. The maximum Gasteiger partial charge on any atom is 0.333 e.